The van der Waals surface area contributed by atoms with Crippen molar-refractivity contribution < 1.29 is 18.3 Å². The summed E-state index contributed by atoms with van der Waals surface area (Å²) >= 11 is 0. The molecule has 0 radical (unpaired) electrons. The molecule has 0 saturated carbocycles. The lowest BCUT2D eigenvalue weighted by molar-refractivity contribution is -0.137. The molecular weight excluding hydrogens is 257 g/mol. The Morgan fingerprint density at radius 1 is 1.37 bits per heavy atom. The number of hydrogen-bond donors (Lipinski definition) is 2. The number of alkyl halides is 3. The van der Waals surface area contributed by atoms with E-state index in [9.17, 15) is 18.3 Å². The van der Waals surface area contributed by atoms with Crippen molar-refractivity contribution in [2.24, 2.45) is 0 Å². The Morgan fingerprint density at radius 3 is 2.53 bits per heavy atom. The summed E-state index contributed by atoms with van der Waals surface area (Å²) in [6.45, 7) is 1.54. The summed E-state index contributed by atoms with van der Waals surface area (Å²) in [5.41, 5.74) is -1.43. The molecule has 6 heteroatoms. The van der Waals surface area contributed by atoms with Crippen LogP contribution in [-0.4, -0.2) is 23.2 Å². The number of halogens is 3. The topological polar surface area (TPSA) is 35.5 Å². The first kappa shape index (κ1) is 13.7. The zero-order valence-electron chi connectivity index (χ0n) is 10.6. The first-order valence-electron chi connectivity index (χ1n) is 5.81. The van der Waals surface area contributed by atoms with E-state index in [0.29, 0.717) is 5.56 Å². The molecule has 1 aliphatic heterocycles. The van der Waals surface area contributed by atoms with Gasteiger partial charge in [0.2, 0.25) is 0 Å². The molecule has 0 aliphatic carbocycles. The number of nitrogens with zero attached hydrogens (tertiary/aromatic N) is 1. The summed E-state index contributed by atoms with van der Waals surface area (Å²) in [5.74, 6) is 0. The molecule has 3 nitrogen and oxygen atoms in total. The van der Waals surface area contributed by atoms with Gasteiger partial charge in [-0.2, -0.15) is 13.2 Å². The summed E-state index contributed by atoms with van der Waals surface area (Å²) in [7, 11) is 1.70. The molecule has 2 atom stereocenters. The van der Waals surface area contributed by atoms with Crippen LogP contribution in [-0.2, 0) is 11.8 Å². The van der Waals surface area contributed by atoms with Gasteiger partial charge >= 0.3 is 6.18 Å². The van der Waals surface area contributed by atoms with Crippen LogP contribution >= 0.6 is 0 Å². The van der Waals surface area contributed by atoms with Crippen LogP contribution in [0.2, 0.25) is 0 Å². The number of nitrogens with one attached hydrogen (secondary N) is 1. The summed E-state index contributed by atoms with van der Waals surface area (Å²) < 4.78 is 38.3. The Kier molecular flexibility index (Phi) is 3.22. The number of benzene rings is 1. The molecular formula is C13H15F3N2O. The SMILES string of the molecule is CC(O)C1(c2cccc(C(F)(F)F)c2)NC=CN1C. The van der Waals surface area contributed by atoms with E-state index >= 15 is 0 Å². The quantitative estimate of drug-likeness (QED) is 0.866. The maximum Gasteiger partial charge on any atom is 0.416 e. The second-order valence-corrected chi connectivity index (χ2v) is 4.59. The predicted molar refractivity (Wildman–Crippen MR) is 64.8 cm³/mol. The zero-order valence-corrected chi connectivity index (χ0v) is 10.6. The van der Waals surface area contributed by atoms with Crippen LogP contribution in [0.5, 0.6) is 0 Å². The maximum absolute atomic E-state index is 12.8. The third-order valence-corrected chi connectivity index (χ3v) is 3.39. The van der Waals surface area contributed by atoms with E-state index in [0.717, 1.165) is 12.1 Å². The van der Waals surface area contributed by atoms with E-state index < -0.39 is 23.5 Å². The van der Waals surface area contributed by atoms with Gasteiger partial charge in [0.25, 0.3) is 0 Å². The van der Waals surface area contributed by atoms with Gasteiger partial charge in [0, 0.05) is 25.0 Å². The summed E-state index contributed by atoms with van der Waals surface area (Å²) in [5, 5.41) is 12.9. The summed E-state index contributed by atoms with van der Waals surface area (Å²) in [4.78, 5) is 1.66. The van der Waals surface area contributed by atoms with Gasteiger partial charge in [0.1, 0.15) is 0 Å². The normalized spacial score (nSPS) is 24.4. The van der Waals surface area contributed by atoms with E-state index in [1.54, 1.807) is 30.4 Å². The molecule has 2 rings (SSSR count). The Bertz CT molecular complexity index is 499. The van der Waals surface area contributed by atoms with Crippen LogP contribution in [0, 0.1) is 0 Å². The van der Waals surface area contributed by atoms with Crippen molar-refractivity contribution in [2.45, 2.75) is 24.9 Å². The van der Waals surface area contributed by atoms with Gasteiger partial charge in [-0.3, -0.25) is 0 Å². The van der Waals surface area contributed by atoms with Crippen LogP contribution in [0.25, 0.3) is 0 Å². The molecule has 1 aromatic rings. The lowest BCUT2D eigenvalue weighted by Crippen LogP contribution is -2.54. The lowest BCUT2D eigenvalue weighted by atomic mass is 9.92. The Balaban J connectivity index is 2.51. The van der Waals surface area contributed by atoms with Crippen LogP contribution in [0.4, 0.5) is 13.2 Å². The van der Waals surface area contributed by atoms with Crippen LogP contribution < -0.4 is 5.32 Å². The Morgan fingerprint density at radius 2 is 2.05 bits per heavy atom. The highest BCUT2D eigenvalue weighted by molar-refractivity contribution is 5.34. The maximum atomic E-state index is 12.8. The monoisotopic (exact) mass is 272 g/mol. The highest BCUT2D eigenvalue weighted by Gasteiger charge is 2.43. The van der Waals surface area contributed by atoms with Crippen molar-refractivity contribution in [3.05, 3.63) is 47.8 Å². The predicted octanol–water partition coefficient (Wildman–Crippen LogP) is 2.25. The fourth-order valence-corrected chi connectivity index (χ4v) is 2.37. The van der Waals surface area contributed by atoms with E-state index in [1.165, 1.54) is 13.0 Å². The molecule has 2 N–H and O–H groups in total. The second-order valence-electron chi connectivity index (χ2n) is 4.59. The Hall–Kier alpha value is -1.69. The van der Waals surface area contributed by atoms with Crippen molar-refractivity contribution in [3.8, 4) is 0 Å². The van der Waals surface area contributed by atoms with Gasteiger partial charge in [0.15, 0.2) is 5.66 Å². The van der Waals surface area contributed by atoms with Crippen molar-refractivity contribution in [1.29, 1.82) is 0 Å². The molecule has 0 fully saturated rings. The van der Waals surface area contributed by atoms with E-state index in [1.807, 2.05) is 0 Å². The fraction of sp³-hybridized carbons (Fsp3) is 0.385. The van der Waals surface area contributed by atoms with Crippen LogP contribution in [0.3, 0.4) is 0 Å². The van der Waals surface area contributed by atoms with Gasteiger partial charge in [-0.05, 0) is 19.1 Å². The van der Waals surface area contributed by atoms with Crippen LogP contribution in [0.1, 0.15) is 18.1 Å². The molecule has 0 spiro atoms. The van der Waals surface area contributed by atoms with Gasteiger partial charge in [-0.25, -0.2) is 0 Å². The first-order valence-corrected chi connectivity index (χ1v) is 5.81. The highest BCUT2D eigenvalue weighted by atomic mass is 19.4. The zero-order chi connectivity index (χ0) is 14.3. The highest BCUT2D eigenvalue weighted by Crippen LogP contribution is 2.36. The van der Waals surface area contributed by atoms with Gasteiger partial charge in [-0.15, -0.1) is 0 Å². The smallest absolute Gasteiger partial charge is 0.389 e. The molecule has 0 saturated heterocycles. The number of aliphatic hydroxyl groups excluding tert-OH is 1. The number of likely N-dealkylation sites (N-methyl/N-ethyl adjacent to an activating group) is 1. The van der Waals surface area contributed by atoms with Crippen LogP contribution in [0.15, 0.2) is 36.7 Å². The summed E-state index contributed by atoms with van der Waals surface area (Å²) in [6.07, 6.45) is -2.02. The van der Waals surface area contributed by atoms with Crippen molar-refractivity contribution in [1.82, 2.24) is 10.2 Å². The average Bonchev–Trinajstić information content (AvgIpc) is 2.71. The standard InChI is InChI=1S/C13H15F3N2O/c1-9(19)12(17-6-7-18(12)2)10-4-3-5-11(8-10)13(14,15)16/h3-9,17,19H,1-2H3. The molecule has 104 valence electrons. The fourth-order valence-electron chi connectivity index (χ4n) is 2.37. The minimum absolute atomic E-state index is 0.366. The minimum atomic E-state index is -4.40. The number of rotatable bonds is 2. The van der Waals surface area contributed by atoms with Gasteiger partial charge in [-0.1, -0.05) is 12.1 Å². The average molecular weight is 272 g/mol. The molecule has 1 heterocycles. The van der Waals surface area contributed by atoms with Crippen molar-refractivity contribution >= 4 is 0 Å². The largest absolute Gasteiger partial charge is 0.416 e. The minimum Gasteiger partial charge on any atom is -0.389 e. The molecule has 0 bridgehead atoms. The molecule has 1 aromatic carbocycles. The lowest BCUT2D eigenvalue weighted by Gasteiger charge is -2.40. The molecule has 2 unspecified atom stereocenters. The molecule has 19 heavy (non-hydrogen) atoms. The van der Waals surface area contributed by atoms with Crippen molar-refractivity contribution in [2.75, 3.05) is 7.05 Å². The van der Waals surface area contributed by atoms with E-state index in [-0.39, 0.29) is 0 Å². The molecule has 1 aliphatic rings. The van der Waals surface area contributed by atoms with Gasteiger partial charge < -0.3 is 15.3 Å². The van der Waals surface area contributed by atoms with Crippen molar-refractivity contribution in [3.63, 3.8) is 0 Å². The number of hydrogen-bond acceptors (Lipinski definition) is 3. The third kappa shape index (κ3) is 2.16. The van der Waals surface area contributed by atoms with E-state index in [2.05, 4.69) is 5.32 Å². The number of aliphatic hydroxyl groups is 1. The van der Waals surface area contributed by atoms with E-state index in [4.69, 9.17) is 0 Å². The molecule has 0 amide bonds. The third-order valence-electron chi connectivity index (χ3n) is 3.39. The Labute approximate surface area is 109 Å². The summed E-state index contributed by atoms with van der Waals surface area (Å²) in [6, 6.07) is 4.99. The first-order chi connectivity index (χ1) is 8.78. The molecule has 0 aromatic heterocycles. The van der Waals surface area contributed by atoms with Gasteiger partial charge in [0.05, 0.1) is 11.7 Å². The second kappa shape index (κ2) is 4.45.